The Balaban J connectivity index is 0.953. The first-order valence-electron chi connectivity index (χ1n) is 21.1. The van der Waals surface area contributed by atoms with E-state index < -0.39 is 0 Å². The molecule has 63 heavy (non-hydrogen) atoms. The molecule has 0 unspecified atom stereocenters. The molecule has 0 radical (unpaired) electrons. The predicted octanol–water partition coefficient (Wildman–Crippen LogP) is 15.6. The number of thiophene rings is 1. The van der Waals surface area contributed by atoms with Crippen LogP contribution in [-0.2, 0) is 0 Å². The van der Waals surface area contributed by atoms with Crippen LogP contribution in [0.3, 0.4) is 0 Å². The van der Waals surface area contributed by atoms with Crippen molar-refractivity contribution in [1.29, 1.82) is 0 Å². The Labute approximate surface area is 365 Å². The fourth-order valence-corrected chi connectivity index (χ4v) is 10.5. The molecule has 0 bridgehead atoms. The standard InChI is InChI=1S/C57H34N4OS/c1-4-14-35(15-5-1)38-25-28-49-46(30-38)42-20-10-12-22-48(42)61(49)41-26-29-50-47(34-41)43-27-24-39(32-51(43)62-50)56-58-55(37-18-8-3-9-19-37)59-57(60-56)40-31-45(36-16-6-2-7-17-36)54-44-21-11-13-23-52(44)63-53(54)33-40/h1-34H. The number of para-hydroxylation sites is 1. The quantitative estimate of drug-likeness (QED) is 0.168. The van der Waals surface area contributed by atoms with E-state index in [1.807, 2.05) is 30.3 Å². The molecule has 0 spiro atoms. The highest BCUT2D eigenvalue weighted by Crippen LogP contribution is 2.43. The molecule has 0 atom stereocenters. The lowest BCUT2D eigenvalue weighted by molar-refractivity contribution is 0.669. The van der Waals surface area contributed by atoms with Crippen LogP contribution in [0.2, 0.25) is 0 Å². The van der Waals surface area contributed by atoms with Crippen molar-refractivity contribution in [2.24, 2.45) is 0 Å². The Morgan fingerprint density at radius 1 is 0.349 bits per heavy atom. The molecule has 0 saturated heterocycles. The van der Waals surface area contributed by atoms with Gasteiger partial charge in [-0.1, -0.05) is 140 Å². The third kappa shape index (κ3) is 5.87. The second-order valence-corrected chi connectivity index (χ2v) is 17.1. The van der Waals surface area contributed by atoms with Crippen molar-refractivity contribution < 1.29 is 4.42 Å². The maximum atomic E-state index is 6.62. The van der Waals surface area contributed by atoms with E-state index in [0.717, 1.165) is 66.5 Å². The van der Waals surface area contributed by atoms with E-state index in [4.69, 9.17) is 19.4 Å². The molecular weight excluding hydrogens is 789 g/mol. The zero-order chi connectivity index (χ0) is 41.4. The molecule has 5 nitrogen and oxygen atoms in total. The van der Waals surface area contributed by atoms with Crippen molar-refractivity contribution in [3.05, 3.63) is 206 Å². The maximum Gasteiger partial charge on any atom is 0.164 e. The number of hydrogen-bond donors (Lipinski definition) is 0. The van der Waals surface area contributed by atoms with Crippen LogP contribution in [-0.4, -0.2) is 19.5 Å². The van der Waals surface area contributed by atoms with Gasteiger partial charge in [0.2, 0.25) is 0 Å². The lowest BCUT2D eigenvalue weighted by Crippen LogP contribution is -2.00. The maximum absolute atomic E-state index is 6.62. The fraction of sp³-hybridized carbons (Fsp3) is 0. The number of hydrogen-bond acceptors (Lipinski definition) is 5. The summed E-state index contributed by atoms with van der Waals surface area (Å²) in [5, 5.41) is 7.02. The first-order chi connectivity index (χ1) is 31.2. The SMILES string of the molecule is c1ccc(-c2ccc3c(c2)c2ccccc2n3-c2ccc3oc4cc(-c5nc(-c6ccccc6)nc(-c6cc(-c7ccccc7)c7c(c6)sc6ccccc67)n5)ccc4c3c2)cc1. The van der Waals surface area contributed by atoms with E-state index in [2.05, 4.69) is 180 Å². The largest absolute Gasteiger partial charge is 0.456 e. The minimum atomic E-state index is 0.583. The van der Waals surface area contributed by atoms with Crippen LogP contribution in [0.25, 0.3) is 126 Å². The van der Waals surface area contributed by atoms with Crippen LogP contribution >= 0.6 is 11.3 Å². The van der Waals surface area contributed by atoms with Gasteiger partial charge < -0.3 is 8.98 Å². The first kappa shape index (κ1) is 35.6. The van der Waals surface area contributed by atoms with Gasteiger partial charge in [-0.05, 0) is 89.0 Å². The van der Waals surface area contributed by atoms with Crippen molar-refractivity contribution in [3.8, 4) is 62.1 Å². The summed E-state index contributed by atoms with van der Waals surface area (Å²) in [5.74, 6) is 1.82. The molecule has 13 rings (SSSR count). The third-order valence-corrected chi connectivity index (χ3v) is 13.4. The van der Waals surface area contributed by atoms with Crippen molar-refractivity contribution in [3.63, 3.8) is 0 Å². The van der Waals surface area contributed by atoms with E-state index in [-0.39, 0.29) is 0 Å². The predicted molar refractivity (Wildman–Crippen MR) is 262 cm³/mol. The lowest BCUT2D eigenvalue weighted by atomic mass is 9.97. The Hall–Kier alpha value is -8.19. The topological polar surface area (TPSA) is 56.7 Å². The highest BCUT2D eigenvalue weighted by Gasteiger charge is 2.20. The van der Waals surface area contributed by atoms with E-state index in [0.29, 0.717) is 17.5 Å². The van der Waals surface area contributed by atoms with Gasteiger partial charge in [0, 0.05) is 64.1 Å². The Morgan fingerprint density at radius 2 is 0.984 bits per heavy atom. The van der Waals surface area contributed by atoms with Crippen LogP contribution in [0.15, 0.2) is 211 Å². The van der Waals surface area contributed by atoms with Gasteiger partial charge in [0.05, 0.1) is 11.0 Å². The van der Waals surface area contributed by atoms with Gasteiger partial charge in [0.1, 0.15) is 11.2 Å². The van der Waals surface area contributed by atoms with Crippen LogP contribution in [0.5, 0.6) is 0 Å². The summed E-state index contributed by atoms with van der Waals surface area (Å²) in [7, 11) is 0. The fourth-order valence-electron chi connectivity index (χ4n) is 9.28. The number of furan rings is 1. The summed E-state index contributed by atoms with van der Waals surface area (Å²) in [6.07, 6.45) is 0. The number of fused-ring (bicyclic) bond motifs is 9. The zero-order valence-corrected chi connectivity index (χ0v) is 34.6. The molecule has 9 aromatic carbocycles. The monoisotopic (exact) mass is 822 g/mol. The number of aromatic nitrogens is 4. The normalized spacial score (nSPS) is 11.8. The molecule has 13 aromatic rings. The average molecular weight is 823 g/mol. The molecule has 6 heteroatoms. The van der Waals surface area contributed by atoms with Crippen LogP contribution in [0, 0.1) is 0 Å². The summed E-state index contributed by atoms with van der Waals surface area (Å²) in [4.78, 5) is 15.5. The van der Waals surface area contributed by atoms with Gasteiger partial charge in [-0.3, -0.25) is 0 Å². The van der Waals surface area contributed by atoms with Gasteiger partial charge in [0.25, 0.3) is 0 Å². The second kappa shape index (κ2) is 14.2. The summed E-state index contributed by atoms with van der Waals surface area (Å²) >= 11 is 1.80. The van der Waals surface area contributed by atoms with E-state index >= 15 is 0 Å². The van der Waals surface area contributed by atoms with Crippen LogP contribution in [0.4, 0.5) is 0 Å². The number of nitrogens with zero attached hydrogens (tertiary/aromatic N) is 4. The highest BCUT2D eigenvalue weighted by atomic mass is 32.1. The molecule has 0 fully saturated rings. The van der Waals surface area contributed by atoms with E-state index in [1.54, 1.807) is 11.3 Å². The minimum Gasteiger partial charge on any atom is -0.456 e. The molecule has 0 saturated carbocycles. The summed E-state index contributed by atoms with van der Waals surface area (Å²) in [6.45, 7) is 0. The third-order valence-electron chi connectivity index (χ3n) is 12.2. The minimum absolute atomic E-state index is 0.583. The molecule has 4 heterocycles. The molecule has 4 aromatic heterocycles. The van der Waals surface area contributed by atoms with E-state index in [1.165, 1.54) is 42.1 Å². The average Bonchev–Trinajstić information content (AvgIpc) is 4.03. The lowest BCUT2D eigenvalue weighted by Gasteiger charge is -2.11. The molecule has 0 aliphatic rings. The molecular formula is C57H34N4OS. The van der Waals surface area contributed by atoms with Crippen molar-refractivity contribution in [1.82, 2.24) is 19.5 Å². The van der Waals surface area contributed by atoms with Gasteiger partial charge in [-0.15, -0.1) is 11.3 Å². The van der Waals surface area contributed by atoms with Crippen LogP contribution in [0.1, 0.15) is 0 Å². The Bertz CT molecular complexity index is 3910. The van der Waals surface area contributed by atoms with E-state index in [9.17, 15) is 0 Å². The van der Waals surface area contributed by atoms with Gasteiger partial charge >= 0.3 is 0 Å². The van der Waals surface area contributed by atoms with Gasteiger partial charge in [-0.25, -0.2) is 15.0 Å². The van der Waals surface area contributed by atoms with Crippen molar-refractivity contribution in [2.75, 3.05) is 0 Å². The van der Waals surface area contributed by atoms with Crippen LogP contribution < -0.4 is 0 Å². The molecule has 0 aliphatic carbocycles. The zero-order valence-electron chi connectivity index (χ0n) is 33.7. The van der Waals surface area contributed by atoms with Gasteiger partial charge in [0.15, 0.2) is 17.5 Å². The molecule has 0 amide bonds. The molecule has 0 N–H and O–H groups in total. The smallest absolute Gasteiger partial charge is 0.164 e. The summed E-state index contributed by atoms with van der Waals surface area (Å²) in [6, 6.07) is 72.7. The molecule has 294 valence electrons. The Morgan fingerprint density at radius 3 is 1.78 bits per heavy atom. The van der Waals surface area contributed by atoms with Gasteiger partial charge in [-0.2, -0.15) is 0 Å². The van der Waals surface area contributed by atoms with Crippen molar-refractivity contribution >= 4 is 75.3 Å². The summed E-state index contributed by atoms with van der Waals surface area (Å²) in [5.41, 5.74) is 12.4. The number of benzene rings is 9. The highest BCUT2D eigenvalue weighted by molar-refractivity contribution is 7.26. The summed E-state index contributed by atoms with van der Waals surface area (Å²) < 4.78 is 11.4. The second-order valence-electron chi connectivity index (χ2n) is 16.0. The Kier molecular flexibility index (Phi) is 8.01. The first-order valence-corrected chi connectivity index (χ1v) is 21.9. The molecule has 0 aliphatic heterocycles. The van der Waals surface area contributed by atoms with Crippen molar-refractivity contribution in [2.45, 2.75) is 0 Å². The number of rotatable bonds is 6.